The van der Waals surface area contributed by atoms with E-state index in [0.717, 1.165) is 29.5 Å². The number of benzene rings is 2. The number of anilines is 1. The zero-order valence-corrected chi connectivity index (χ0v) is 18.2. The molecule has 1 aromatic heterocycles. The predicted octanol–water partition coefficient (Wildman–Crippen LogP) is 3.58. The Labute approximate surface area is 186 Å². The fourth-order valence-corrected chi connectivity index (χ4v) is 3.97. The van der Waals surface area contributed by atoms with E-state index in [1.54, 1.807) is 6.07 Å². The lowest BCUT2D eigenvalue weighted by Crippen LogP contribution is -2.26. The molecule has 0 fully saturated rings. The lowest BCUT2D eigenvalue weighted by atomic mass is 9.94. The lowest BCUT2D eigenvalue weighted by Gasteiger charge is -2.14. The molecule has 0 aliphatic carbocycles. The van der Waals surface area contributed by atoms with Crippen molar-refractivity contribution in [2.24, 2.45) is 0 Å². The highest BCUT2D eigenvalue weighted by Crippen LogP contribution is 2.27. The number of unbranched alkanes of at least 4 members (excludes halogenated alkanes) is 1. The Hall–Kier alpha value is -3.74. The summed E-state index contributed by atoms with van der Waals surface area (Å²) >= 11 is 0. The van der Waals surface area contributed by atoms with Crippen molar-refractivity contribution < 1.29 is 14.3 Å². The van der Waals surface area contributed by atoms with Crippen LogP contribution in [0.2, 0.25) is 0 Å². The van der Waals surface area contributed by atoms with Gasteiger partial charge >= 0.3 is 5.97 Å². The fourth-order valence-electron chi connectivity index (χ4n) is 3.97. The minimum Gasteiger partial charge on any atom is -0.465 e. The first-order valence-electron chi connectivity index (χ1n) is 10.7. The molecule has 7 nitrogen and oxygen atoms in total. The number of amides is 1. The highest BCUT2D eigenvalue weighted by atomic mass is 16.5. The molecule has 0 saturated carbocycles. The predicted molar refractivity (Wildman–Crippen MR) is 122 cm³/mol. The van der Waals surface area contributed by atoms with Crippen molar-refractivity contribution in [3.63, 3.8) is 0 Å². The zero-order chi connectivity index (χ0) is 22.7. The van der Waals surface area contributed by atoms with Gasteiger partial charge in [0, 0.05) is 12.0 Å². The molecule has 0 atom stereocenters. The third kappa shape index (κ3) is 4.19. The molecule has 0 bridgehead atoms. The van der Waals surface area contributed by atoms with E-state index in [1.165, 1.54) is 11.7 Å². The van der Waals surface area contributed by atoms with E-state index in [1.807, 2.05) is 42.5 Å². The second kappa shape index (κ2) is 9.18. The van der Waals surface area contributed by atoms with E-state index < -0.39 is 5.97 Å². The molecule has 164 valence electrons. The van der Waals surface area contributed by atoms with Crippen LogP contribution in [0.15, 0.2) is 53.3 Å². The standard InChI is InChI=1S/C25H25N3O4/c1-3-4-10-21-20(23(30)28-15-22(29)27-25(28)26-21)14-16-11-12-18(17-8-6-5-7-9-17)19(13-16)24(31)32-2/h5-9,11-13H,3-4,10,14-15H2,1-2H3,(H,26,27,29). The fraction of sp³-hybridized carbons (Fsp3) is 0.280. The molecular weight excluding hydrogens is 406 g/mol. The Kier molecular flexibility index (Phi) is 6.16. The highest BCUT2D eigenvalue weighted by molar-refractivity contribution is 5.97. The number of nitrogens with zero attached hydrogens (tertiary/aromatic N) is 2. The number of nitrogens with one attached hydrogen (secondary N) is 1. The molecule has 3 aromatic rings. The maximum atomic E-state index is 13.2. The number of fused-ring (bicyclic) bond motifs is 1. The summed E-state index contributed by atoms with van der Waals surface area (Å²) in [7, 11) is 1.35. The molecular formula is C25H25N3O4. The summed E-state index contributed by atoms with van der Waals surface area (Å²) in [4.78, 5) is 42.1. The normalized spacial score (nSPS) is 12.4. The smallest absolute Gasteiger partial charge is 0.338 e. The van der Waals surface area contributed by atoms with Gasteiger partial charge in [0.25, 0.3) is 5.56 Å². The van der Waals surface area contributed by atoms with Gasteiger partial charge in [0.05, 0.1) is 18.4 Å². The van der Waals surface area contributed by atoms with Gasteiger partial charge in [0.1, 0.15) is 6.54 Å². The Balaban J connectivity index is 1.77. The van der Waals surface area contributed by atoms with E-state index in [0.29, 0.717) is 35.6 Å². The van der Waals surface area contributed by atoms with E-state index in [-0.39, 0.29) is 18.0 Å². The average molecular weight is 431 g/mol. The molecule has 2 aromatic carbocycles. The van der Waals surface area contributed by atoms with E-state index in [4.69, 9.17) is 4.74 Å². The number of methoxy groups -OCH3 is 1. The second-order valence-electron chi connectivity index (χ2n) is 7.82. The maximum absolute atomic E-state index is 13.2. The van der Waals surface area contributed by atoms with Crippen LogP contribution in [-0.4, -0.2) is 28.5 Å². The number of aromatic nitrogens is 2. The first kappa shape index (κ1) is 21.5. The van der Waals surface area contributed by atoms with Gasteiger partial charge in [-0.3, -0.25) is 19.5 Å². The van der Waals surface area contributed by atoms with Gasteiger partial charge in [0.2, 0.25) is 11.9 Å². The van der Waals surface area contributed by atoms with Crippen LogP contribution in [0.5, 0.6) is 0 Å². The highest BCUT2D eigenvalue weighted by Gasteiger charge is 2.24. The summed E-state index contributed by atoms with van der Waals surface area (Å²) in [6.45, 7) is 2.05. The number of carbonyl (C=O) groups excluding carboxylic acids is 2. The van der Waals surface area contributed by atoms with Crippen LogP contribution in [0.4, 0.5) is 5.95 Å². The van der Waals surface area contributed by atoms with Crippen molar-refractivity contribution in [1.82, 2.24) is 9.55 Å². The lowest BCUT2D eigenvalue weighted by molar-refractivity contribution is -0.115. The summed E-state index contributed by atoms with van der Waals surface area (Å²) in [5, 5.41) is 2.66. The van der Waals surface area contributed by atoms with Crippen molar-refractivity contribution >= 4 is 17.8 Å². The molecule has 32 heavy (non-hydrogen) atoms. The van der Waals surface area contributed by atoms with Crippen LogP contribution in [0, 0.1) is 0 Å². The Morgan fingerprint density at radius 1 is 1.16 bits per heavy atom. The largest absolute Gasteiger partial charge is 0.465 e. The van der Waals surface area contributed by atoms with Gasteiger partial charge in [-0.05, 0) is 35.6 Å². The number of esters is 1. The van der Waals surface area contributed by atoms with E-state index >= 15 is 0 Å². The molecule has 1 aliphatic rings. The number of hydrogen-bond acceptors (Lipinski definition) is 5. The third-order valence-electron chi connectivity index (χ3n) is 5.62. The zero-order valence-electron chi connectivity index (χ0n) is 18.2. The number of aryl methyl sites for hydroxylation is 1. The van der Waals surface area contributed by atoms with Crippen LogP contribution < -0.4 is 10.9 Å². The molecule has 0 spiro atoms. The van der Waals surface area contributed by atoms with Crippen LogP contribution in [0.3, 0.4) is 0 Å². The molecule has 1 amide bonds. The number of ether oxygens (including phenoxy) is 1. The molecule has 7 heteroatoms. The number of rotatable bonds is 7. The Bertz CT molecular complexity index is 1230. The van der Waals surface area contributed by atoms with Gasteiger partial charge in [0.15, 0.2) is 0 Å². The third-order valence-corrected chi connectivity index (χ3v) is 5.62. The van der Waals surface area contributed by atoms with Gasteiger partial charge in [-0.1, -0.05) is 55.8 Å². The van der Waals surface area contributed by atoms with Crippen molar-refractivity contribution in [1.29, 1.82) is 0 Å². The monoisotopic (exact) mass is 431 g/mol. The van der Waals surface area contributed by atoms with E-state index in [2.05, 4.69) is 17.2 Å². The quantitative estimate of drug-likeness (QED) is 0.578. The molecule has 0 radical (unpaired) electrons. The van der Waals surface area contributed by atoms with Crippen LogP contribution >= 0.6 is 0 Å². The number of hydrogen-bond donors (Lipinski definition) is 1. The molecule has 4 rings (SSSR count). The first-order chi connectivity index (χ1) is 15.5. The topological polar surface area (TPSA) is 90.3 Å². The summed E-state index contributed by atoms with van der Waals surface area (Å²) in [5.41, 5.74) is 3.96. The van der Waals surface area contributed by atoms with Gasteiger partial charge < -0.3 is 4.74 Å². The van der Waals surface area contributed by atoms with Crippen molar-refractivity contribution in [2.45, 2.75) is 39.2 Å². The average Bonchev–Trinajstić information content (AvgIpc) is 3.20. The van der Waals surface area contributed by atoms with Gasteiger partial charge in [-0.25, -0.2) is 9.78 Å². The second-order valence-corrected chi connectivity index (χ2v) is 7.82. The van der Waals surface area contributed by atoms with E-state index in [9.17, 15) is 14.4 Å². The number of carbonyl (C=O) groups is 2. The SMILES string of the molecule is CCCCc1nc2n(c(=O)c1Cc1ccc(-c3ccccc3)c(C(=O)OC)c1)CC(=O)N2. The van der Waals surface area contributed by atoms with Crippen molar-refractivity contribution in [3.8, 4) is 11.1 Å². The Morgan fingerprint density at radius 3 is 2.66 bits per heavy atom. The van der Waals surface area contributed by atoms with Gasteiger partial charge in [-0.2, -0.15) is 0 Å². The van der Waals surface area contributed by atoms with Crippen LogP contribution in [-0.2, 0) is 28.9 Å². The van der Waals surface area contributed by atoms with Crippen LogP contribution in [0.25, 0.3) is 11.1 Å². The molecule has 1 N–H and O–H groups in total. The minimum absolute atomic E-state index is 0.0252. The summed E-state index contributed by atoms with van der Waals surface area (Å²) in [6.07, 6.45) is 2.82. The first-order valence-corrected chi connectivity index (χ1v) is 10.7. The van der Waals surface area contributed by atoms with Crippen molar-refractivity contribution in [2.75, 3.05) is 12.4 Å². The van der Waals surface area contributed by atoms with Crippen LogP contribution in [0.1, 0.15) is 46.9 Å². The summed E-state index contributed by atoms with van der Waals surface area (Å²) in [5.74, 6) is -0.367. The minimum atomic E-state index is -0.435. The summed E-state index contributed by atoms with van der Waals surface area (Å²) < 4.78 is 6.40. The summed E-state index contributed by atoms with van der Waals surface area (Å²) in [6, 6.07) is 15.2. The molecule has 1 aliphatic heterocycles. The van der Waals surface area contributed by atoms with Gasteiger partial charge in [-0.15, -0.1) is 0 Å². The molecule has 0 saturated heterocycles. The Morgan fingerprint density at radius 2 is 1.94 bits per heavy atom. The molecule has 0 unspecified atom stereocenters. The maximum Gasteiger partial charge on any atom is 0.338 e. The van der Waals surface area contributed by atoms with Crippen molar-refractivity contribution in [3.05, 3.63) is 81.3 Å². The molecule has 2 heterocycles.